The minimum Gasteiger partial charge on any atom is -0.307 e. The maximum absolute atomic E-state index is 5.25. The van der Waals surface area contributed by atoms with E-state index in [1.807, 2.05) is 42.5 Å². The fourth-order valence-electron chi connectivity index (χ4n) is 8.54. The highest BCUT2D eigenvalue weighted by atomic mass is 32.1. The molecular formula is C52H32N6S. The van der Waals surface area contributed by atoms with Crippen molar-refractivity contribution in [2.24, 2.45) is 0 Å². The molecule has 4 heterocycles. The van der Waals surface area contributed by atoms with Crippen molar-refractivity contribution in [3.63, 3.8) is 0 Å². The van der Waals surface area contributed by atoms with Crippen molar-refractivity contribution in [1.29, 1.82) is 0 Å². The minimum atomic E-state index is 0.566. The molecule has 4 aromatic heterocycles. The Kier molecular flexibility index (Phi) is 7.61. The van der Waals surface area contributed by atoms with E-state index in [1.54, 1.807) is 11.3 Å². The van der Waals surface area contributed by atoms with Gasteiger partial charge in [-0.2, -0.15) is 9.97 Å². The van der Waals surface area contributed by atoms with Gasteiger partial charge in [0.15, 0.2) is 11.6 Å². The number of aromatic nitrogens is 6. The molecule has 12 rings (SSSR count). The normalized spacial score (nSPS) is 11.7. The highest BCUT2D eigenvalue weighted by molar-refractivity contribution is 7.22. The summed E-state index contributed by atoms with van der Waals surface area (Å²) in [6, 6.07) is 67.9. The van der Waals surface area contributed by atoms with Crippen LogP contribution in [0.5, 0.6) is 0 Å². The number of nitrogens with zero attached hydrogens (tertiary/aromatic N) is 6. The van der Waals surface area contributed by atoms with E-state index in [4.69, 9.17) is 19.9 Å². The van der Waals surface area contributed by atoms with Crippen molar-refractivity contribution < 1.29 is 0 Å². The van der Waals surface area contributed by atoms with Crippen LogP contribution in [0, 0.1) is 0 Å². The summed E-state index contributed by atoms with van der Waals surface area (Å²) in [5.41, 5.74) is 11.7. The predicted molar refractivity (Wildman–Crippen MR) is 243 cm³/mol. The molecule has 0 aliphatic carbocycles. The molecule has 12 aromatic rings. The van der Waals surface area contributed by atoms with Gasteiger partial charge >= 0.3 is 0 Å². The lowest BCUT2D eigenvalue weighted by molar-refractivity contribution is 0.953. The lowest BCUT2D eigenvalue weighted by atomic mass is 10.0. The fraction of sp³-hybridized carbons (Fsp3) is 0. The molecule has 0 aliphatic rings. The number of hydrogen-bond donors (Lipinski definition) is 0. The Morgan fingerprint density at radius 1 is 0.356 bits per heavy atom. The first-order chi connectivity index (χ1) is 29.3. The van der Waals surface area contributed by atoms with Crippen LogP contribution in [0.2, 0.25) is 0 Å². The van der Waals surface area contributed by atoms with E-state index in [2.05, 4.69) is 161 Å². The van der Waals surface area contributed by atoms with Gasteiger partial charge in [-0.1, -0.05) is 164 Å². The molecule has 0 saturated heterocycles. The quantitative estimate of drug-likeness (QED) is 0.169. The van der Waals surface area contributed by atoms with E-state index in [-0.39, 0.29) is 0 Å². The highest BCUT2D eigenvalue weighted by Crippen LogP contribution is 2.42. The first-order valence-electron chi connectivity index (χ1n) is 19.7. The number of benzene rings is 8. The summed E-state index contributed by atoms with van der Waals surface area (Å²) in [6.45, 7) is 0. The largest absolute Gasteiger partial charge is 0.307 e. The molecule has 7 heteroatoms. The molecule has 0 aliphatic heterocycles. The third-order valence-corrected chi connectivity index (χ3v) is 12.4. The van der Waals surface area contributed by atoms with Gasteiger partial charge in [-0.25, -0.2) is 9.97 Å². The molecule has 0 N–H and O–H groups in total. The zero-order valence-electron chi connectivity index (χ0n) is 31.6. The number of fused-ring (bicyclic) bond motifs is 8. The number of hydrogen-bond acceptors (Lipinski definition) is 5. The summed E-state index contributed by atoms with van der Waals surface area (Å²) >= 11 is 1.74. The number of para-hydroxylation sites is 2. The molecule has 8 aromatic carbocycles. The monoisotopic (exact) mass is 772 g/mol. The third kappa shape index (κ3) is 5.40. The van der Waals surface area contributed by atoms with E-state index in [1.165, 1.54) is 15.6 Å². The van der Waals surface area contributed by atoms with Crippen LogP contribution in [0.3, 0.4) is 0 Å². The Balaban J connectivity index is 1.11. The second-order valence-electron chi connectivity index (χ2n) is 14.7. The Morgan fingerprint density at radius 3 is 1.49 bits per heavy atom. The van der Waals surface area contributed by atoms with Crippen LogP contribution < -0.4 is 0 Å². The molecule has 276 valence electrons. The van der Waals surface area contributed by atoms with E-state index in [0.29, 0.717) is 17.6 Å². The molecule has 0 spiro atoms. The van der Waals surface area contributed by atoms with E-state index in [0.717, 1.165) is 76.7 Å². The molecule has 6 nitrogen and oxygen atoms in total. The van der Waals surface area contributed by atoms with Crippen LogP contribution in [0.15, 0.2) is 194 Å². The number of rotatable bonds is 6. The lowest BCUT2D eigenvalue weighted by Crippen LogP contribution is -2.07. The molecule has 0 amide bonds. The van der Waals surface area contributed by atoms with E-state index < -0.39 is 0 Å². The summed E-state index contributed by atoms with van der Waals surface area (Å²) in [5.74, 6) is 1.81. The van der Waals surface area contributed by atoms with Crippen molar-refractivity contribution in [3.05, 3.63) is 194 Å². The van der Waals surface area contributed by atoms with Crippen LogP contribution in [-0.4, -0.2) is 29.1 Å². The smallest absolute Gasteiger partial charge is 0.238 e. The van der Waals surface area contributed by atoms with Crippen molar-refractivity contribution in [1.82, 2.24) is 29.1 Å². The van der Waals surface area contributed by atoms with Crippen LogP contribution in [0.4, 0.5) is 0 Å². The number of thiazole rings is 1. The Bertz CT molecular complexity index is 3480. The zero-order valence-corrected chi connectivity index (χ0v) is 32.4. The average molecular weight is 773 g/mol. The van der Waals surface area contributed by atoms with Crippen molar-refractivity contribution in [2.75, 3.05) is 0 Å². The molecule has 0 saturated carbocycles. The first kappa shape index (κ1) is 33.4. The summed E-state index contributed by atoms with van der Waals surface area (Å²) in [6.07, 6.45) is 0. The van der Waals surface area contributed by atoms with Gasteiger partial charge in [-0.3, -0.25) is 4.57 Å². The third-order valence-electron chi connectivity index (χ3n) is 11.2. The van der Waals surface area contributed by atoms with Gasteiger partial charge in [-0.05, 0) is 35.9 Å². The van der Waals surface area contributed by atoms with Crippen LogP contribution in [-0.2, 0) is 0 Å². The van der Waals surface area contributed by atoms with Gasteiger partial charge in [0.1, 0.15) is 5.01 Å². The van der Waals surface area contributed by atoms with Gasteiger partial charge in [0.2, 0.25) is 5.95 Å². The molecule has 0 bridgehead atoms. The van der Waals surface area contributed by atoms with E-state index >= 15 is 0 Å². The molecule has 0 radical (unpaired) electrons. The zero-order chi connectivity index (χ0) is 38.9. The summed E-state index contributed by atoms with van der Waals surface area (Å²) < 4.78 is 5.83. The minimum absolute atomic E-state index is 0.566. The maximum atomic E-state index is 5.25. The molecule has 0 atom stereocenters. The van der Waals surface area contributed by atoms with Gasteiger partial charge in [0.05, 0.1) is 32.3 Å². The van der Waals surface area contributed by atoms with Gasteiger partial charge in [0, 0.05) is 49.5 Å². The van der Waals surface area contributed by atoms with Crippen molar-refractivity contribution in [3.8, 4) is 56.1 Å². The van der Waals surface area contributed by atoms with Gasteiger partial charge in [-0.15, -0.1) is 11.3 Å². The summed E-state index contributed by atoms with van der Waals surface area (Å²) in [5, 5.41) is 5.62. The topological polar surface area (TPSA) is 61.4 Å². The van der Waals surface area contributed by atoms with Crippen LogP contribution in [0.1, 0.15) is 0 Å². The first-order valence-corrected chi connectivity index (χ1v) is 20.5. The summed E-state index contributed by atoms with van der Waals surface area (Å²) in [4.78, 5) is 20.6. The lowest BCUT2D eigenvalue weighted by Gasteiger charge is -2.13. The summed E-state index contributed by atoms with van der Waals surface area (Å²) in [7, 11) is 0. The van der Waals surface area contributed by atoms with Gasteiger partial charge in [0.25, 0.3) is 0 Å². The van der Waals surface area contributed by atoms with Crippen LogP contribution >= 0.6 is 11.3 Å². The Morgan fingerprint density at radius 2 is 0.881 bits per heavy atom. The molecule has 0 unspecified atom stereocenters. The standard InChI is InChI=1S/C52H32N6S/c1-4-15-34(16-5-1)49-54-50(35-17-6-2-7-18-35)56-52(55-49)58-45-26-13-11-22-40(45)42-32-31-41-39-21-10-12-25-44(39)57(46(41)47(42)58)37-29-27-33(28-30-37)38-23-14-24-43-48(38)59-51(53-43)36-19-8-3-9-20-36/h1-32H. The second-order valence-corrected chi connectivity index (χ2v) is 15.7. The van der Waals surface area contributed by atoms with E-state index in [9.17, 15) is 0 Å². The highest BCUT2D eigenvalue weighted by Gasteiger charge is 2.23. The SMILES string of the molecule is c1ccc(-c2nc(-c3ccccc3)nc(-n3c4ccccc4c4ccc5c6ccccc6n(-c6ccc(-c7cccc8nc(-c9ccccc9)sc78)cc6)c5c43)n2)cc1. The van der Waals surface area contributed by atoms with Crippen molar-refractivity contribution in [2.45, 2.75) is 0 Å². The Labute approximate surface area is 343 Å². The molecule has 59 heavy (non-hydrogen) atoms. The van der Waals surface area contributed by atoms with Crippen molar-refractivity contribution >= 4 is 65.2 Å². The van der Waals surface area contributed by atoms with Crippen LogP contribution in [0.25, 0.3) is 110 Å². The Hall–Kier alpha value is -7.74. The maximum Gasteiger partial charge on any atom is 0.238 e. The second kappa shape index (κ2) is 13.4. The van der Waals surface area contributed by atoms with Gasteiger partial charge < -0.3 is 4.57 Å². The predicted octanol–water partition coefficient (Wildman–Crippen LogP) is 13.3. The fourth-order valence-corrected chi connectivity index (χ4v) is 9.65. The molecule has 0 fully saturated rings. The molecular weight excluding hydrogens is 741 g/mol. The average Bonchev–Trinajstić information content (AvgIpc) is 4.01.